The van der Waals surface area contributed by atoms with Crippen molar-refractivity contribution in [3.63, 3.8) is 0 Å². The number of rotatable bonds is 5. The molecule has 0 bridgehead atoms. The van der Waals surface area contributed by atoms with Gasteiger partial charge in [-0.15, -0.1) is 0 Å². The van der Waals surface area contributed by atoms with Crippen molar-refractivity contribution in [3.05, 3.63) is 0 Å². The summed E-state index contributed by atoms with van der Waals surface area (Å²) in [5.74, 6) is 0. The van der Waals surface area contributed by atoms with E-state index in [4.69, 9.17) is 4.74 Å². The normalized spacial score (nSPS) is 12.0. The van der Waals surface area contributed by atoms with Crippen LogP contribution in [0.15, 0.2) is 0 Å². The molecule has 10 heavy (non-hydrogen) atoms. The zero-order valence-corrected chi connectivity index (χ0v) is 8.70. The molecule has 0 aliphatic rings. The van der Waals surface area contributed by atoms with Crippen molar-refractivity contribution in [2.75, 3.05) is 19.0 Å². The van der Waals surface area contributed by atoms with Crippen LogP contribution in [0.5, 0.6) is 0 Å². The number of hydrogen-bond donors (Lipinski definition) is 0. The molecular weight excluding hydrogens is 192 g/mol. The molecule has 0 atom stereocenters. The Morgan fingerprint density at radius 1 is 1.40 bits per heavy atom. The minimum atomic E-state index is 0.350. The van der Waals surface area contributed by atoms with Gasteiger partial charge < -0.3 is 4.74 Å². The number of hydrogen-bond acceptors (Lipinski definition) is 1. The fourth-order valence-corrected chi connectivity index (χ4v) is 1.29. The third kappa shape index (κ3) is 5.24. The van der Waals surface area contributed by atoms with Crippen LogP contribution < -0.4 is 0 Å². The number of methoxy groups -OCH3 is 1. The van der Waals surface area contributed by atoms with Crippen molar-refractivity contribution < 1.29 is 4.74 Å². The Morgan fingerprint density at radius 2 is 2.00 bits per heavy atom. The van der Waals surface area contributed by atoms with Crippen LogP contribution in [0.4, 0.5) is 0 Å². The van der Waals surface area contributed by atoms with Crippen LogP contribution in [0.3, 0.4) is 0 Å². The Bertz CT molecular complexity index is 81.3. The first-order chi connectivity index (χ1) is 4.62. The van der Waals surface area contributed by atoms with Gasteiger partial charge in [-0.1, -0.05) is 29.8 Å². The van der Waals surface area contributed by atoms with E-state index in [0.29, 0.717) is 5.41 Å². The van der Waals surface area contributed by atoms with Crippen LogP contribution >= 0.6 is 15.9 Å². The van der Waals surface area contributed by atoms with Gasteiger partial charge in [-0.25, -0.2) is 0 Å². The average Bonchev–Trinajstić information content (AvgIpc) is 1.84. The summed E-state index contributed by atoms with van der Waals surface area (Å²) in [5, 5.41) is 1.10. The summed E-state index contributed by atoms with van der Waals surface area (Å²) in [6.07, 6.45) is 2.46. The maximum atomic E-state index is 5.09. The Kier molecular flexibility index (Phi) is 5.36. The molecule has 0 heterocycles. The van der Waals surface area contributed by atoms with Gasteiger partial charge in [-0.3, -0.25) is 0 Å². The van der Waals surface area contributed by atoms with E-state index in [1.807, 2.05) is 0 Å². The summed E-state index contributed by atoms with van der Waals surface area (Å²) in [4.78, 5) is 0. The fourth-order valence-electron chi connectivity index (χ4n) is 1.01. The zero-order chi connectivity index (χ0) is 8.04. The van der Waals surface area contributed by atoms with Gasteiger partial charge in [0, 0.05) is 12.4 Å². The average molecular weight is 209 g/mol. The molecule has 2 heteroatoms. The van der Waals surface area contributed by atoms with Gasteiger partial charge >= 0.3 is 0 Å². The van der Waals surface area contributed by atoms with Crippen molar-refractivity contribution >= 4 is 15.9 Å². The molecule has 62 valence electrons. The maximum absolute atomic E-state index is 5.09. The first kappa shape index (κ1) is 10.4. The number of alkyl halides is 1. The molecule has 0 aromatic carbocycles. The minimum absolute atomic E-state index is 0.350. The van der Waals surface area contributed by atoms with Crippen LogP contribution in [-0.4, -0.2) is 19.0 Å². The van der Waals surface area contributed by atoms with Crippen molar-refractivity contribution in [1.29, 1.82) is 0 Å². The van der Waals surface area contributed by atoms with Crippen LogP contribution in [0, 0.1) is 5.41 Å². The van der Waals surface area contributed by atoms with Crippen molar-refractivity contribution in [3.8, 4) is 0 Å². The summed E-state index contributed by atoms with van der Waals surface area (Å²) < 4.78 is 5.09. The van der Waals surface area contributed by atoms with Gasteiger partial charge in [0.25, 0.3) is 0 Å². The lowest BCUT2D eigenvalue weighted by molar-refractivity contribution is 0.0980. The molecule has 1 nitrogen and oxygen atoms in total. The summed E-state index contributed by atoms with van der Waals surface area (Å²) in [5.41, 5.74) is 0.350. The van der Waals surface area contributed by atoms with E-state index in [1.165, 1.54) is 12.8 Å². The molecule has 0 aliphatic carbocycles. The van der Waals surface area contributed by atoms with E-state index >= 15 is 0 Å². The SMILES string of the molecule is COCC(C)(C)CCCBr. The highest BCUT2D eigenvalue weighted by atomic mass is 79.9. The van der Waals surface area contributed by atoms with Crippen molar-refractivity contribution in [2.45, 2.75) is 26.7 Å². The molecule has 0 fully saturated rings. The summed E-state index contributed by atoms with van der Waals surface area (Å²) in [6, 6.07) is 0. The molecular formula is C8H17BrO. The van der Waals surface area contributed by atoms with E-state index < -0.39 is 0 Å². The molecule has 0 aromatic heterocycles. The second-order valence-electron chi connectivity index (χ2n) is 3.39. The molecule has 0 N–H and O–H groups in total. The Balaban J connectivity index is 3.42. The van der Waals surface area contributed by atoms with Crippen LogP contribution in [0.1, 0.15) is 26.7 Å². The molecule has 0 unspecified atom stereocenters. The molecule has 0 amide bonds. The third-order valence-corrected chi connectivity index (χ3v) is 2.08. The van der Waals surface area contributed by atoms with E-state index in [-0.39, 0.29) is 0 Å². The van der Waals surface area contributed by atoms with E-state index in [2.05, 4.69) is 29.8 Å². The summed E-state index contributed by atoms with van der Waals surface area (Å²) in [7, 11) is 1.76. The van der Waals surface area contributed by atoms with Gasteiger partial charge in [0.1, 0.15) is 0 Å². The molecule has 0 aromatic rings. The van der Waals surface area contributed by atoms with Crippen molar-refractivity contribution in [1.82, 2.24) is 0 Å². The Labute approximate surface area is 72.3 Å². The Morgan fingerprint density at radius 3 is 2.40 bits per heavy atom. The number of ether oxygens (including phenoxy) is 1. The quantitative estimate of drug-likeness (QED) is 0.632. The zero-order valence-electron chi connectivity index (χ0n) is 7.11. The van der Waals surface area contributed by atoms with Crippen molar-refractivity contribution in [2.24, 2.45) is 5.41 Å². The topological polar surface area (TPSA) is 9.23 Å². The van der Waals surface area contributed by atoms with Crippen LogP contribution in [-0.2, 0) is 4.74 Å². The number of halogens is 1. The van der Waals surface area contributed by atoms with Gasteiger partial charge in [0.05, 0.1) is 6.61 Å². The van der Waals surface area contributed by atoms with E-state index in [0.717, 1.165) is 11.9 Å². The minimum Gasteiger partial charge on any atom is -0.384 e. The lowest BCUT2D eigenvalue weighted by atomic mass is 9.89. The Hall–Kier alpha value is 0.440. The maximum Gasteiger partial charge on any atom is 0.0513 e. The van der Waals surface area contributed by atoms with Gasteiger partial charge in [-0.05, 0) is 18.3 Å². The summed E-state index contributed by atoms with van der Waals surface area (Å²) >= 11 is 3.41. The van der Waals surface area contributed by atoms with Crippen LogP contribution in [0.2, 0.25) is 0 Å². The van der Waals surface area contributed by atoms with E-state index in [1.54, 1.807) is 7.11 Å². The predicted molar refractivity (Wildman–Crippen MR) is 48.7 cm³/mol. The van der Waals surface area contributed by atoms with Gasteiger partial charge in [-0.2, -0.15) is 0 Å². The largest absolute Gasteiger partial charge is 0.384 e. The molecule has 0 radical (unpaired) electrons. The highest BCUT2D eigenvalue weighted by Gasteiger charge is 2.15. The fraction of sp³-hybridized carbons (Fsp3) is 1.00. The first-order valence-electron chi connectivity index (χ1n) is 3.67. The predicted octanol–water partition coefficient (Wildman–Crippen LogP) is 2.83. The lowest BCUT2D eigenvalue weighted by Gasteiger charge is -2.22. The molecule has 0 saturated carbocycles. The van der Waals surface area contributed by atoms with E-state index in [9.17, 15) is 0 Å². The highest BCUT2D eigenvalue weighted by Crippen LogP contribution is 2.22. The second-order valence-corrected chi connectivity index (χ2v) is 4.18. The molecule has 0 saturated heterocycles. The molecule has 0 aliphatic heterocycles. The third-order valence-electron chi connectivity index (χ3n) is 1.52. The van der Waals surface area contributed by atoms with Crippen LogP contribution in [0.25, 0.3) is 0 Å². The first-order valence-corrected chi connectivity index (χ1v) is 4.79. The lowest BCUT2D eigenvalue weighted by Crippen LogP contribution is -2.18. The van der Waals surface area contributed by atoms with Gasteiger partial charge in [0.15, 0.2) is 0 Å². The smallest absolute Gasteiger partial charge is 0.0513 e. The highest BCUT2D eigenvalue weighted by molar-refractivity contribution is 9.09. The monoisotopic (exact) mass is 208 g/mol. The molecule has 0 spiro atoms. The second kappa shape index (κ2) is 5.14. The summed E-state index contributed by atoms with van der Waals surface area (Å²) in [6.45, 7) is 5.33. The van der Waals surface area contributed by atoms with Gasteiger partial charge in [0.2, 0.25) is 0 Å². The molecule has 0 rings (SSSR count). The standard InChI is InChI=1S/C8H17BrO/c1-8(2,7-10-3)5-4-6-9/h4-7H2,1-3H3.